The molecule has 0 radical (unpaired) electrons. The van der Waals surface area contributed by atoms with Crippen molar-refractivity contribution in [1.82, 2.24) is 4.90 Å². The van der Waals surface area contributed by atoms with E-state index in [-0.39, 0.29) is 0 Å². The molecule has 0 spiro atoms. The van der Waals surface area contributed by atoms with E-state index in [1.165, 1.54) is 45.2 Å². The van der Waals surface area contributed by atoms with Gasteiger partial charge in [-0.25, -0.2) is 0 Å². The lowest BCUT2D eigenvalue weighted by Gasteiger charge is -2.33. The van der Waals surface area contributed by atoms with Crippen molar-refractivity contribution in [3.63, 3.8) is 0 Å². The molecule has 2 rings (SSSR count). The number of rotatable bonds is 2. The van der Waals surface area contributed by atoms with Crippen LogP contribution in [0.25, 0.3) is 0 Å². The summed E-state index contributed by atoms with van der Waals surface area (Å²) in [5.74, 6) is 2.52. The summed E-state index contributed by atoms with van der Waals surface area (Å²) >= 11 is 0. The third-order valence-corrected chi connectivity index (χ3v) is 4.91. The lowest BCUT2D eigenvalue weighted by molar-refractivity contribution is 0.160. The Morgan fingerprint density at radius 2 is 1.62 bits per heavy atom. The quantitative estimate of drug-likeness (QED) is 0.730. The highest BCUT2D eigenvalue weighted by Gasteiger charge is 2.34. The van der Waals surface area contributed by atoms with E-state index in [4.69, 9.17) is 5.73 Å². The van der Waals surface area contributed by atoms with Crippen molar-refractivity contribution in [3.8, 4) is 0 Å². The van der Waals surface area contributed by atoms with Gasteiger partial charge in [0.2, 0.25) is 0 Å². The van der Waals surface area contributed by atoms with Crippen LogP contribution in [0.5, 0.6) is 0 Å². The smallest absolute Gasteiger partial charge is 0.0136 e. The normalized spacial score (nSPS) is 42.2. The van der Waals surface area contributed by atoms with Gasteiger partial charge in [-0.15, -0.1) is 0 Å². The molecule has 1 saturated heterocycles. The number of likely N-dealkylation sites (tertiary alicyclic amines) is 1. The predicted octanol–water partition coefficient (Wildman–Crippen LogP) is 2.48. The van der Waals surface area contributed by atoms with Gasteiger partial charge in [0.25, 0.3) is 0 Å². The Morgan fingerprint density at radius 1 is 1.00 bits per heavy atom. The van der Waals surface area contributed by atoms with Crippen molar-refractivity contribution in [2.45, 2.75) is 52.0 Å². The van der Waals surface area contributed by atoms with Crippen LogP contribution in [0.3, 0.4) is 0 Å². The van der Waals surface area contributed by atoms with E-state index >= 15 is 0 Å². The average Bonchev–Trinajstić information content (AvgIpc) is 2.53. The minimum absolute atomic E-state index is 0.764. The van der Waals surface area contributed by atoms with Crippen molar-refractivity contribution < 1.29 is 0 Å². The molecule has 1 aliphatic heterocycles. The molecule has 1 aliphatic carbocycles. The van der Waals surface area contributed by atoms with E-state index < -0.39 is 0 Å². The van der Waals surface area contributed by atoms with Crippen LogP contribution in [0.2, 0.25) is 0 Å². The van der Waals surface area contributed by atoms with E-state index in [2.05, 4.69) is 18.7 Å². The first-order valence-corrected chi connectivity index (χ1v) is 7.16. The van der Waals surface area contributed by atoms with Gasteiger partial charge in [0.1, 0.15) is 0 Å². The molecule has 0 aromatic heterocycles. The van der Waals surface area contributed by atoms with Crippen LogP contribution in [-0.4, -0.2) is 30.6 Å². The number of hydrogen-bond acceptors (Lipinski definition) is 2. The molecule has 2 aliphatic rings. The maximum atomic E-state index is 5.97. The molecule has 2 N–H and O–H groups in total. The summed E-state index contributed by atoms with van der Waals surface area (Å²) < 4.78 is 0. The predicted molar refractivity (Wildman–Crippen MR) is 69.3 cm³/mol. The molecular formula is C14H28N2. The minimum atomic E-state index is 0.764. The standard InChI is InChI=1S/C14H28N2/c1-11-9-16(10-12(11)2)14-7-5-3-4-6-13(14)8-15/h11-14H,3-10,15H2,1-2H3. The fraction of sp³-hybridized carbons (Fsp3) is 1.00. The summed E-state index contributed by atoms with van der Waals surface area (Å²) in [4.78, 5) is 2.75. The number of hydrogen-bond donors (Lipinski definition) is 1. The maximum Gasteiger partial charge on any atom is 0.0136 e. The van der Waals surface area contributed by atoms with Crippen molar-refractivity contribution in [1.29, 1.82) is 0 Å². The monoisotopic (exact) mass is 224 g/mol. The second-order valence-electron chi connectivity index (χ2n) is 6.11. The van der Waals surface area contributed by atoms with E-state index in [9.17, 15) is 0 Å². The molecule has 2 heteroatoms. The van der Waals surface area contributed by atoms with Crippen LogP contribution < -0.4 is 5.73 Å². The van der Waals surface area contributed by atoms with Crippen LogP contribution in [0.4, 0.5) is 0 Å². The summed E-state index contributed by atoms with van der Waals surface area (Å²) in [5.41, 5.74) is 5.97. The first-order valence-electron chi connectivity index (χ1n) is 7.16. The van der Waals surface area contributed by atoms with E-state index in [1.54, 1.807) is 0 Å². The number of nitrogens with zero attached hydrogens (tertiary/aromatic N) is 1. The average molecular weight is 224 g/mol. The Balaban J connectivity index is 1.99. The molecular weight excluding hydrogens is 196 g/mol. The summed E-state index contributed by atoms with van der Waals surface area (Å²) in [6, 6.07) is 0.792. The minimum Gasteiger partial charge on any atom is -0.330 e. The Kier molecular flexibility index (Phi) is 4.26. The first kappa shape index (κ1) is 12.4. The molecule has 4 atom stereocenters. The van der Waals surface area contributed by atoms with Gasteiger partial charge in [-0.05, 0) is 37.1 Å². The summed E-state index contributed by atoms with van der Waals surface area (Å²) in [6.45, 7) is 8.31. The topological polar surface area (TPSA) is 29.3 Å². The van der Waals surface area contributed by atoms with Gasteiger partial charge in [0.05, 0.1) is 0 Å². The molecule has 0 aromatic rings. The van der Waals surface area contributed by atoms with Gasteiger partial charge < -0.3 is 5.73 Å². The van der Waals surface area contributed by atoms with Crippen LogP contribution in [0.15, 0.2) is 0 Å². The van der Waals surface area contributed by atoms with E-state index in [0.29, 0.717) is 0 Å². The molecule has 2 nitrogen and oxygen atoms in total. The summed E-state index contributed by atoms with van der Waals surface area (Å²) in [6.07, 6.45) is 6.99. The van der Waals surface area contributed by atoms with Gasteiger partial charge in [-0.2, -0.15) is 0 Å². The van der Waals surface area contributed by atoms with Gasteiger partial charge in [-0.1, -0.05) is 33.1 Å². The van der Waals surface area contributed by atoms with Gasteiger partial charge >= 0.3 is 0 Å². The number of nitrogens with two attached hydrogens (primary N) is 1. The lowest BCUT2D eigenvalue weighted by atomic mass is 9.93. The van der Waals surface area contributed by atoms with Crippen LogP contribution in [0, 0.1) is 17.8 Å². The van der Waals surface area contributed by atoms with E-state index in [0.717, 1.165) is 30.3 Å². The van der Waals surface area contributed by atoms with Crippen LogP contribution >= 0.6 is 0 Å². The Labute approximate surface area is 101 Å². The fourth-order valence-electron chi connectivity index (χ4n) is 3.57. The highest BCUT2D eigenvalue weighted by molar-refractivity contribution is 4.88. The van der Waals surface area contributed by atoms with Crippen molar-refractivity contribution in [2.75, 3.05) is 19.6 Å². The highest BCUT2D eigenvalue weighted by atomic mass is 15.2. The molecule has 2 fully saturated rings. The third kappa shape index (κ3) is 2.60. The Morgan fingerprint density at radius 3 is 2.25 bits per heavy atom. The van der Waals surface area contributed by atoms with Gasteiger partial charge in [0, 0.05) is 19.1 Å². The summed E-state index contributed by atoms with van der Waals surface area (Å²) in [5, 5.41) is 0. The molecule has 0 aromatic carbocycles. The molecule has 16 heavy (non-hydrogen) atoms. The molecule has 1 heterocycles. The van der Waals surface area contributed by atoms with Gasteiger partial charge in [-0.3, -0.25) is 4.90 Å². The Hall–Kier alpha value is -0.0800. The lowest BCUT2D eigenvalue weighted by Crippen LogP contribution is -2.41. The molecule has 4 unspecified atom stereocenters. The second kappa shape index (κ2) is 5.50. The zero-order valence-electron chi connectivity index (χ0n) is 11.0. The maximum absolute atomic E-state index is 5.97. The second-order valence-corrected chi connectivity index (χ2v) is 6.11. The highest BCUT2D eigenvalue weighted by Crippen LogP contribution is 2.32. The Bertz CT molecular complexity index is 207. The molecule has 1 saturated carbocycles. The van der Waals surface area contributed by atoms with Crippen LogP contribution in [-0.2, 0) is 0 Å². The molecule has 0 bridgehead atoms. The van der Waals surface area contributed by atoms with Crippen molar-refractivity contribution in [2.24, 2.45) is 23.5 Å². The van der Waals surface area contributed by atoms with E-state index in [1.807, 2.05) is 0 Å². The van der Waals surface area contributed by atoms with Gasteiger partial charge in [0.15, 0.2) is 0 Å². The zero-order chi connectivity index (χ0) is 11.5. The van der Waals surface area contributed by atoms with Crippen molar-refractivity contribution in [3.05, 3.63) is 0 Å². The SMILES string of the molecule is CC1CN(C2CCCCCC2CN)CC1C. The molecule has 94 valence electrons. The third-order valence-electron chi connectivity index (χ3n) is 4.91. The largest absolute Gasteiger partial charge is 0.330 e. The fourth-order valence-corrected chi connectivity index (χ4v) is 3.57. The molecule has 0 amide bonds. The first-order chi connectivity index (χ1) is 7.72. The van der Waals surface area contributed by atoms with Crippen molar-refractivity contribution >= 4 is 0 Å². The summed E-state index contributed by atoms with van der Waals surface area (Å²) in [7, 11) is 0. The van der Waals surface area contributed by atoms with Crippen LogP contribution in [0.1, 0.15) is 46.0 Å². The zero-order valence-corrected chi connectivity index (χ0v) is 11.0.